The Bertz CT molecular complexity index is 933. The molecule has 0 spiro atoms. The Labute approximate surface area is 174 Å². The number of carbonyl (C=O) groups excluding carboxylic acids is 2. The van der Waals surface area contributed by atoms with E-state index in [4.69, 9.17) is 18.9 Å². The van der Waals surface area contributed by atoms with Crippen LogP contribution < -0.4 is 34.5 Å². The number of ether oxygens (including phenoxy) is 4. The summed E-state index contributed by atoms with van der Waals surface area (Å²) in [6, 6.07) is 9.57. The van der Waals surface area contributed by atoms with E-state index in [0.717, 1.165) is 0 Å². The minimum Gasteiger partial charge on any atom is -0.497 e. The quantitative estimate of drug-likeness (QED) is 0.722. The van der Waals surface area contributed by atoms with Crippen LogP contribution in [0.3, 0.4) is 0 Å². The SMILES string of the molecule is COc1ccc(OC)c(NC(=O)N[C@H]2CC(=O)N(c3ccc(OC)c(OC)c3)C2)c1. The Kier molecular flexibility index (Phi) is 6.51. The molecule has 1 aliphatic rings. The lowest BCUT2D eigenvalue weighted by Crippen LogP contribution is -2.39. The molecule has 0 saturated carbocycles. The third-order valence-corrected chi connectivity index (χ3v) is 4.79. The van der Waals surface area contributed by atoms with Gasteiger partial charge in [0.2, 0.25) is 5.91 Å². The van der Waals surface area contributed by atoms with Crippen LogP contribution in [0.2, 0.25) is 0 Å². The lowest BCUT2D eigenvalue weighted by Gasteiger charge is -2.19. The van der Waals surface area contributed by atoms with Gasteiger partial charge in [0.15, 0.2) is 11.5 Å². The average Bonchev–Trinajstić information content (AvgIpc) is 3.12. The fourth-order valence-corrected chi connectivity index (χ4v) is 3.30. The maximum atomic E-state index is 12.5. The molecular formula is C21H25N3O6. The number of nitrogens with zero attached hydrogens (tertiary/aromatic N) is 1. The molecule has 0 bridgehead atoms. The number of anilines is 2. The molecule has 2 aromatic carbocycles. The van der Waals surface area contributed by atoms with Crippen LogP contribution in [0, 0.1) is 0 Å². The van der Waals surface area contributed by atoms with E-state index in [1.54, 1.807) is 55.5 Å². The summed E-state index contributed by atoms with van der Waals surface area (Å²) >= 11 is 0. The summed E-state index contributed by atoms with van der Waals surface area (Å²) in [5.41, 5.74) is 1.15. The zero-order valence-electron chi connectivity index (χ0n) is 17.4. The lowest BCUT2D eigenvalue weighted by atomic mass is 10.2. The number of urea groups is 1. The van der Waals surface area contributed by atoms with Crippen molar-refractivity contribution in [1.29, 1.82) is 0 Å². The summed E-state index contributed by atoms with van der Waals surface area (Å²) in [5.74, 6) is 2.10. The van der Waals surface area contributed by atoms with Crippen LogP contribution in [0.4, 0.5) is 16.2 Å². The van der Waals surface area contributed by atoms with E-state index < -0.39 is 6.03 Å². The third kappa shape index (κ3) is 4.51. The van der Waals surface area contributed by atoms with Gasteiger partial charge in [-0.3, -0.25) is 4.79 Å². The largest absolute Gasteiger partial charge is 0.497 e. The van der Waals surface area contributed by atoms with Gasteiger partial charge in [-0.25, -0.2) is 4.79 Å². The van der Waals surface area contributed by atoms with E-state index in [2.05, 4.69) is 10.6 Å². The standard InChI is InChI=1S/C21H25N3O6/c1-27-15-6-8-17(28-2)16(11-15)23-21(26)22-13-9-20(25)24(12-13)14-5-7-18(29-3)19(10-14)30-4/h5-8,10-11,13H,9,12H2,1-4H3,(H2,22,23,26)/t13-/m0/s1. The second kappa shape index (κ2) is 9.25. The normalized spacial score (nSPS) is 15.5. The Morgan fingerprint density at radius 1 is 0.933 bits per heavy atom. The number of hydrogen-bond acceptors (Lipinski definition) is 6. The second-order valence-electron chi connectivity index (χ2n) is 6.61. The van der Waals surface area contributed by atoms with Gasteiger partial charge in [0.1, 0.15) is 11.5 Å². The monoisotopic (exact) mass is 415 g/mol. The van der Waals surface area contributed by atoms with Crippen molar-refractivity contribution in [2.24, 2.45) is 0 Å². The van der Waals surface area contributed by atoms with Crippen molar-refractivity contribution < 1.29 is 28.5 Å². The highest BCUT2D eigenvalue weighted by molar-refractivity contribution is 5.98. The molecule has 1 aliphatic heterocycles. The average molecular weight is 415 g/mol. The van der Waals surface area contributed by atoms with Gasteiger partial charge in [-0.1, -0.05) is 0 Å². The van der Waals surface area contributed by atoms with Crippen molar-refractivity contribution in [3.63, 3.8) is 0 Å². The van der Waals surface area contributed by atoms with Crippen LogP contribution in [-0.2, 0) is 4.79 Å². The number of rotatable bonds is 7. The molecule has 0 aliphatic carbocycles. The smallest absolute Gasteiger partial charge is 0.319 e. The summed E-state index contributed by atoms with van der Waals surface area (Å²) < 4.78 is 21.0. The lowest BCUT2D eigenvalue weighted by molar-refractivity contribution is -0.117. The Balaban J connectivity index is 1.67. The molecule has 0 unspecified atom stereocenters. The van der Waals surface area contributed by atoms with Crippen LogP contribution in [-0.4, -0.2) is 53.0 Å². The van der Waals surface area contributed by atoms with Crippen molar-refractivity contribution >= 4 is 23.3 Å². The zero-order chi connectivity index (χ0) is 21.7. The van der Waals surface area contributed by atoms with Crippen molar-refractivity contribution in [2.75, 3.05) is 45.2 Å². The van der Waals surface area contributed by atoms with Crippen molar-refractivity contribution in [2.45, 2.75) is 12.5 Å². The number of methoxy groups -OCH3 is 4. The molecular weight excluding hydrogens is 390 g/mol. The zero-order valence-corrected chi connectivity index (χ0v) is 17.4. The van der Waals surface area contributed by atoms with Gasteiger partial charge in [0.25, 0.3) is 0 Å². The summed E-state index contributed by atoms with van der Waals surface area (Å²) in [6.07, 6.45) is 0.191. The highest BCUT2D eigenvalue weighted by atomic mass is 16.5. The predicted molar refractivity (Wildman–Crippen MR) is 112 cm³/mol. The van der Waals surface area contributed by atoms with Crippen LogP contribution in [0.1, 0.15) is 6.42 Å². The molecule has 1 saturated heterocycles. The number of amides is 3. The molecule has 1 heterocycles. The maximum Gasteiger partial charge on any atom is 0.319 e. The minimum atomic E-state index is -0.437. The Morgan fingerprint density at radius 3 is 2.30 bits per heavy atom. The molecule has 3 amide bonds. The summed E-state index contributed by atoms with van der Waals surface area (Å²) in [5, 5.41) is 5.58. The molecule has 30 heavy (non-hydrogen) atoms. The highest BCUT2D eigenvalue weighted by Crippen LogP contribution is 2.33. The number of carbonyl (C=O) groups is 2. The van der Waals surface area contributed by atoms with Gasteiger partial charge >= 0.3 is 6.03 Å². The second-order valence-corrected chi connectivity index (χ2v) is 6.61. The molecule has 160 valence electrons. The molecule has 0 radical (unpaired) electrons. The van der Waals surface area contributed by atoms with E-state index in [1.165, 1.54) is 14.2 Å². The number of nitrogens with one attached hydrogen (secondary N) is 2. The van der Waals surface area contributed by atoms with Crippen LogP contribution in [0.25, 0.3) is 0 Å². The van der Waals surface area contributed by atoms with Gasteiger partial charge < -0.3 is 34.5 Å². The van der Waals surface area contributed by atoms with E-state index in [9.17, 15) is 9.59 Å². The van der Waals surface area contributed by atoms with Crippen molar-refractivity contribution in [1.82, 2.24) is 5.32 Å². The highest BCUT2D eigenvalue weighted by Gasteiger charge is 2.32. The van der Waals surface area contributed by atoms with Crippen molar-refractivity contribution in [3.05, 3.63) is 36.4 Å². The molecule has 9 nitrogen and oxygen atoms in total. The predicted octanol–water partition coefficient (Wildman–Crippen LogP) is 2.65. The molecule has 9 heteroatoms. The molecule has 3 rings (SSSR count). The first kappa shape index (κ1) is 21.1. The van der Waals surface area contributed by atoms with Gasteiger partial charge in [-0.05, 0) is 24.3 Å². The number of benzene rings is 2. The molecule has 1 atom stereocenters. The fourth-order valence-electron chi connectivity index (χ4n) is 3.30. The third-order valence-electron chi connectivity index (χ3n) is 4.79. The van der Waals surface area contributed by atoms with E-state index >= 15 is 0 Å². The van der Waals surface area contributed by atoms with Gasteiger partial charge in [0.05, 0.1) is 40.2 Å². The summed E-state index contributed by atoms with van der Waals surface area (Å²) in [4.78, 5) is 26.6. The van der Waals surface area contributed by atoms with Crippen LogP contribution >= 0.6 is 0 Å². The fraction of sp³-hybridized carbons (Fsp3) is 0.333. The first-order valence-electron chi connectivity index (χ1n) is 9.31. The maximum absolute atomic E-state index is 12.5. The molecule has 2 aromatic rings. The summed E-state index contributed by atoms with van der Waals surface area (Å²) in [7, 11) is 6.14. The minimum absolute atomic E-state index is 0.0912. The molecule has 2 N–H and O–H groups in total. The first-order chi connectivity index (χ1) is 14.5. The molecule has 0 aromatic heterocycles. The Morgan fingerprint density at radius 2 is 1.63 bits per heavy atom. The topological polar surface area (TPSA) is 98.4 Å². The number of hydrogen-bond donors (Lipinski definition) is 2. The summed E-state index contributed by atoms with van der Waals surface area (Å²) in [6.45, 7) is 0.344. The first-order valence-corrected chi connectivity index (χ1v) is 9.31. The van der Waals surface area contributed by atoms with E-state index in [0.29, 0.717) is 40.9 Å². The van der Waals surface area contributed by atoms with Gasteiger partial charge in [-0.15, -0.1) is 0 Å². The molecule has 1 fully saturated rings. The van der Waals surface area contributed by atoms with E-state index in [1.807, 2.05) is 0 Å². The van der Waals surface area contributed by atoms with E-state index in [-0.39, 0.29) is 18.4 Å². The Hall–Kier alpha value is -3.62. The van der Waals surface area contributed by atoms with Crippen molar-refractivity contribution in [3.8, 4) is 23.0 Å². The van der Waals surface area contributed by atoms with Crippen LogP contribution in [0.5, 0.6) is 23.0 Å². The van der Waals surface area contributed by atoms with Gasteiger partial charge in [-0.2, -0.15) is 0 Å². The van der Waals surface area contributed by atoms with Gasteiger partial charge in [0, 0.05) is 30.8 Å². The van der Waals surface area contributed by atoms with Crippen LogP contribution in [0.15, 0.2) is 36.4 Å².